The standard InChI is InChI=1S/C41H32N2/c1-27-42-39-10-4-5-11-40(39)43(27)34-18-14-29(15-19-34)32-16-20-35-36-21-17-33(31-13-12-28-8-2-3-9-30(28)24-31)26-38(36)41(37(35)25-32)22-6-7-23-41/h2-5,8-21,24-26H,6-7,22-23H2,1H3. The summed E-state index contributed by atoms with van der Waals surface area (Å²) < 4.78 is 2.25. The fraction of sp³-hybridized carbons (Fsp3) is 0.146. The van der Waals surface area contributed by atoms with Crippen molar-refractivity contribution in [2.24, 2.45) is 0 Å². The number of para-hydroxylation sites is 2. The number of imidazole rings is 1. The van der Waals surface area contributed by atoms with E-state index in [9.17, 15) is 0 Å². The quantitative estimate of drug-likeness (QED) is 0.213. The third-order valence-corrected chi connectivity index (χ3v) is 10.1. The first-order chi connectivity index (χ1) is 21.2. The molecule has 9 rings (SSSR count). The van der Waals surface area contributed by atoms with Crippen molar-refractivity contribution < 1.29 is 0 Å². The van der Waals surface area contributed by atoms with Gasteiger partial charge in [0.15, 0.2) is 0 Å². The van der Waals surface area contributed by atoms with Crippen LogP contribution in [0.2, 0.25) is 0 Å². The van der Waals surface area contributed by atoms with Crippen molar-refractivity contribution in [3.63, 3.8) is 0 Å². The van der Waals surface area contributed by atoms with E-state index in [4.69, 9.17) is 4.98 Å². The first kappa shape index (κ1) is 24.6. The Balaban J connectivity index is 1.11. The molecule has 0 amide bonds. The third-order valence-electron chi connectivity index (χ3n) is 10.1. The lowest BCUT2D eigenvalue weighted by molar-refractivity contribution is 0.550. The molecule has 0 radical (unpaired) electrons. The maximum absolute atomic E-state index is 4.77. The number of nitrogens with zero attached hydrogens (tertiary/aromatic N) is 2. The molecule has 0 unspecified atom stereocenters. The highest BCUT2D eigenvalue weighted by Crippen LogP contribution is 2.58. The summed E-state index contributed by atoms with van der Waals surface area (Å²) in [7, 11) is 0. The predicted molar refractivity (Wildman–Crippen MR) is 179 cm³/mol. The predicted octanol–water partition coefficient (Wildman–Crippen LogP) is 10.7. The minimum atomic E-state index is 0.111. The molecule has 2 nitrogen and oxygen atoms in total. The Morgan fingerprint density at radius 1 is 0.558 bits per heavy atom. The van der Waals surface area contributed by atoms with Gasteiger partial charge in [-0.3, -0.25) is 4.57 Å². The summed E-state index contributed by atoms with van der Waals surface area (Å²) in [5.74, 6) is 1.01. The molecule has 43 heavy (non-hydrogen) atoms. The number of fused-ring (bicyclic) bond motifs is 7. The lowest BCUT2D eigenvalue weighted by Crippen LogP contribution is -2.20. The van der Waals surface area contributed by atoms with Crippen LogP contribution in [0.1, 0.15) is 42.6 Å². The zero-order valence-corrected chi connectivity index (χ0v) is 24.3. The third kappa shape index (κ3) is 3.69. The van der Waals surface area contributed by atoms with Crippen LogP contribution < -0.4 is 0 Å². The van der Waals surface area contributed by atoms with E-state index in [1.807, 2.05) is 0 Å². The zero-order chi connectivity index (χ0) is 28.5. The number of aromatic nitrogens is 2. The van der Waals surface area contributed by atoms with Crippen LogP contribution in [0.25, 0.3) is 60.9 Å². The molecular weight excluding hydrogens is 520 g/mol. The fourth-order valence-corrected chi connectivity index (χ4v) is 8.02. The number of hydrogen-bond donors (Lipinski definition) is 0. The molecule has 206 valence electrons. The van der Waals surface area contributed by atoms with Gasteiger partial charge >= 0.3 is 0 Å². The van der Waals surface area contributed by atoms with E-state index >= 15 is 0 Å². The highest BCUT2D eigenvalue weighted by atomic mass is 15.1. The molecule has 1 spiro atoms. The molecule has 1 heterocycles. The van der Waals surface area contributed by atoms with E-state index < -0.39 is 0 Å². The Hall–Kier alpha value is -4.95. The average molecular weight is 553 g/mol. The number of rotatable bonds is 3. The molecular formula is C41H32N2. The van der Waals surface area contributed by atoms with Gasteiger partial charge in [-0.05, 0) is 118 Å². The van der Waals surface area contributed by atoms with Gasteiger partial charge in [0.05, 0.1) is 11.0 Å². The van der Waals surface area contributed by atoms with Gasteiger partial charge in [-0.25, -0.2) is 4.98 Å². The Morgan fingerprint density at radius 3 is 1.88 bits per heavy atom. The van der Waals surface area contributed by atoms with Gasteiger partial charge in [-0.1, -0.05) is 97.8 Å². The summed E-state index contributed by atoms with van der Waals surface area (Å²) in [4.78, 5) is 4.77. The van der Waals surface area contributed by atoms with Crippen LogP contribution in [0, 0.1) is 6.92 Å². The number of aryl methyl sites for hydroxylation is 1. The van der Waals surface area contributed by atoms with E-state index in [0.717, 1.165) is 22.5 Å². The summed E-state index contributed by atoms with van der Waals surface area (Å²) >= 11 is 0. The fourth-order valence-electron chi connectivity index (χ4n) is 8.02. The van der Waals surface area contributed by atoms with Gasteiger partial charge in [0.2, 0.25) is 0 Å². The number of benzene rings is 6. The summed E-state index contributed by atoms with van der Waals surface area (Å²) in [6.45, 7) is 2.08. The highest BCUT2D eigenvalue weighted by molar-refractivity contribution is 5.90. The normalized spacial score (nSPS) is 14.9. The first-order valence-electron chi connectivity index (χ1n) is 15.5. The summed E-state index contributed by atoms with van der Waals surface area (Å²) in [5.41, 5.74) is 14.5. The van der Waals surface area contributed by atoms with Crippen LogP contribution in [0.5, 0.6) is 0 Å². The Kier molecular flexibility index (Phi) is 5.31. The van der Waals surface area contributed by atoms with E-state index in [1.54, 1.807) is 0 Å². The lowest BCUT2D eigenvalue weighted by atomic mass is 9.75. The van der Waals surface area contributed by atoms with E-state index in [2.05, 4.69) is 139 Å². The van der Waals surface area contributed by atoms with Crippen molar-refractivity contribution >= 4 is 21.8 Å². The van der Waals surface area contributed by atoms with Crippen molar-refractivity contribution in [1.82, 2.24) is 9.55 Å². The minimum absolute atomic E-state index is 0.111. The van der Waals surface area contributed by atoms with Crippen molar-refractivity contribution in [3.05, 3.63) is 144 Å². The van der Waals surface area contributed by atoms with Gasteiger partial charge < -0.3 is 0 Å². The van der Waals surface area contributed by atoms with Crippen molar-refractivity contribution in [3.8, 4) is 39.1 Å². The van der Waals surface area contributed by atoms with E-state index in [0.29, 0.717) is 0 Å². The monoisotopic (exact) mass is 552 g/mol. The molecule has 0 saturated heterocycles. The molecule has 2 aliphatic rings. The molecule has 6 aromatic carbocycles. The van der Waals surface area contributed by atoms with Crippen LogP contribution in [-0.2, 0) is 5.41 Å². The van der Waals surface area contributed by atoms with Crippen molar-refractivity contribution in [1.29, 1.82) is 0 Å². The van der Waals surface area contributed by atoms with Crippen molar-refractivity contribution in [2.75, 3.05) is 0 Å². The smallest absolute Gasteiger partial charge is 0.111 e. The van der Waals surface area contributed by atoms with Gasteiger partial charge in [-0.15, -0.1) is 0 Å². The molecule has 1 aromatic heterocycles. The second kappa shape index (κ2) is 9.28. The van der Waals surface area contributed by atoms with Crippen molar-refractivity contribution in [2.45, 2.75) is 38.0 Å². The van der Waals surface area contributed by atoms with Gasteiger partial charge in [-0.2, -0.15) is 0 Å². The second-order valence-corrected chi connectivity index (χ2v) is 12.4. The highest BCUT2D eigenvalue weighted by Gasteiger charge is 2.45. The summed E-state index contributed by atoms with van der Waals surface area (Å²) in [6.07, 6.45) is 5.03. The minimum Gasteiger partial charge on any atom is -0.297 e. The van der Waals surface area contributed by atoms with Crippen LogP contribution in [0.15, 0.2) is 127 Å². The van der Waals surface area contributed by atoms with Crippen LogP contribution in [-0.4, -0.2) is 9.55 Å². The topological polar surface area (TPSA) is 17.8 Å². The number of hydrogen-bond acceptors (Lipinski definition) is 1. The van der Waals surface area contributed by atoms with Gasteiger partial charge in [0, 0.05) is 11.1 Å². The average Bonchev–Trinajstić information content (AvgIpc) is 3.76. The molecule has 0 bridgehead atoms. The van der Waals surface area contributed by atoms with Gasteiger partial charge in [0.25, 0.3) is 0 Å². The molecule has 2 aliphatic carbocycles. The molecule has 0 atom stereocenters. The summed E-state index contributed by atoms with van der Waals surface area (Å²) in [6, 6.07) is 47.3. The van der Waals surface area contributed by atoms with Crippen LogP contribution in [0.4, 0.5) is 0 Å². The van der Waals surface area contributed by atoms with Gasteiger partial charge in [0.1, 0.15) is 5.82 Å². The first-order valence-corrected chi connectivity index (χ1v) is 15.5. The Morgan fingerprint density at radius 2 is 1.14 bits per heavy atom. The van der Waals surface area contributed by atoms with E-state index in [1.165, 1.54) is 81.0 Å². The Labute approximate surface area is 252 Å². The lowest BCUT2D eigenvalue weighted by Gasteiger charge is -2.27. The van der Waals surface area contributed by atoms with E-state index in [-0.39, 0.29) is 5.41 Å². The molecule has 0 N–H and O–H groups in total. The van der Waals surface area contributed by atoms with Crippen LogP contribution >= 0.6 is 0 Å². The molecule has 1 fully saturated rings. The maximum Gasteiger partial charge on any atom is 0.111 e. The molecule has 7 aromatic rings. The molecule has 1 saturated carbocycles. The summed E-state index contributed by atoms with van der Waals surface area (Å²) in [5, 5.41) is 2.59. The second-order valence-electron chi connectivity index (χ2n) is 12.4. The molecule has 0 aliphatic heterocycles. The Bertz CT molecular complexity index is 2190. The zero-order valence-electron chi connectivity index (χ0n) is 24.3. The SMILES string of the molecule is Cc1nc2ccccc2n1-c1ccc(-c2ccc3c(c2)C2(CCCC2)c2cc(-c4ccc5ccccc5c4)ccc2-3)cc1. The largest absolute Gasteiger partial charge is 0.297 e. The maximum atomic E-state index is 4.77. The molecule has 2 heteroatoms. The van der Waals surface area contributed by atoms with Crippen LogP contribution in [0.3, 0.4) is 0 Å².